The van der Waals surface area contributed by atoms with E-state index in [1.54, 1.807) is 18.2 Å². The first kappa shape index (κ1) is 20.4. The minimum Gasteiger partial charge on any atom is -0.491 e. The van der Waals surface area contributed by atoms with Crippen LogP contribution in [0.5, 0.6) is 17.2 Å². The van der Waals surface area contributed by atoms with Crippen LogP contribution in [0, 0.1) is 13.8 Å². The summed E-state index contributed by atoms with van der Waals surface area (Å²) < 4.78 is 17.1. The molecular weight excluding hydrogens is 382 g/mol. The summed E-state index contributed by atoms with van der Waals surface area (Å²) in [4.78, 5) is 14.2. The zero-order valence-electron chi connectivity index (χ0n) is 17.4. The van der Waals surface area contributed by atoms with Crippen molar-refractivity contribution in [2.45, 2.75) is 32.8 Å². The van der Waals surface area contributed by atoms with Crippen LogP contribution in [0.3, 0.4) is 0 Å². The Labute approximate surface area is 175 Å². The Morgan fingerprint density at radius 2 is 1.80 bits per heavy atom. The first-order chi connectivity index (χ1) is 14.5. The summed E-state index contributed by atoms with van der Waals surface area (Å²) in [7, 11) is 0. The standard InChI is InChI=1S/C24H27NO5/c1-16-9-17(2)11-20(10-16)30-23-15-29-22-12-19(5-6-21(22)24(23)27)28-14-18(26)13-25-7-3-4-8-25/h5-6,9-12,15,18,26H,3-4,7-8,13-14H2,1-2H3/p+1. The maximum atomic E-state index is 12.8. The molecule has 2 aromatic carbocycles. The van der Waals surface area contributed by atoms with Crippen LogP contribution >= 0.6 is 0 Å². The zero-order chi connectivity index (χ0) is 21.1. The first-order valence-corrected chi connectivity index (χ1v) is 10.4. The Hall–Kier alpha value is -2.83. The van der Waals surface area contributed by atoms with Gasteiger partial charge in [0.05, 0.1) is 18.5 Å². The monoisotopic (exact) mass is 410 g/mol. The van der Waals surface area contributed by atoms with Crippen molar-refractivity contribution >= 4 is 11.0 Å². The van der Waals surface area contributed by atoms with Crippen LogP contribution in [-0.2, 0) is 0 Å². The average Bonchev–Trinajstić information content (AvgIpc) is 3.21. The van der Waals surface area contributed by atoms with Gasteiger partial charge in [0.25, 0.3) is 0 Å². The van der Waals surface area contributed by atoms with Gasteiger partial charge in [-0.15, -0.1) is 0 Å². The number of rotatable bonds is 7. The molecule has 4 rings (SSSR count). The van der Waals surface area contributed by atoms with Gasteiger partial charge in [-0.1, -0.05) is 6.07 Å². The lowest BCUT2D eigenvalue weighted by atomic mass is 10.1. The molecule has 6 heteroatoms. The van der Waals surface area contributed by atoms with Gasteiger partial charge in [0.1, 0.15) is 42.6 Å². The van der Waals surface area contributed by atoms with Crippen molar-refractivity contribution in [2.24, 2.45) is 0 Å². The first-order valence-electron chi connectivity index (χ1n) is 10.4. The fourth-order valence-electron chi connectivity index (χ4n) is 4.03. The second-order valence-electron chi connectivity index (χ2n) is 8.14. The van der Waals surface area contributed by atoms with Crippen LogP contribution in [0.15, 0.2) is 51.9 Å². The predicted octanol–water partition coefficient (Wildman–Crippen LogP) is 2.62. The Bertz CT molecular complexity index is 1060. The number of likely N-dealkylation sites (tertiary alicyclic amines) is 1. The van der Waals surface area contributed by atoms with Crippen LogP contribution in [0.4, 0.5) is 0 Å². The lowest BCUT2D eigenvalue weighted by molar-refractivity contribution is -0.890. The van der Waals surface area contributed by atoms with Gasteiger partial charge in [-0.05, 0) is 49.2 Å². The third-order valence-electron chi connectivity index (χ3n) is 5.41. The second-order valence-corrected chi connectivity index (χ2v) is 8.14. The minimum absolute atomic E-state index is 0.144. The van der Waals surface area contributed by atoms with E-state index in [1.807, 2.05) is 32.0 Å². The normalized spacial score (nSPS) is 15.4. The highest BCUT2D eigenvalue weighted by atomic mass is 16.5. The van der Waals surface area contributed by atoms with E-state index in [2.05, 4.69) is 0 Å². The molecule has 30 heavy (non-hydrogen) atoms. The SMILES string of the molecule is Cc1cc(C)cc(Oc2coc3cc(OCC(O)C[NH+]4CCCC4)ccc3c2=O)c1. The maximum Gasteiger partial charge on any atom is 0.235 e. The highest BCUT2D eigenvalue weighted by Crippen LogP contribution is 2.25. The summed E-state index contributed by atoms with van der Waals surface area (Å²) in [5.41, 5.74) is 2.31. The van der Waals surface area contributed by atoms with E-state index < -0.39 is 6.10 Å². The van der Waals surface area contributed by atoms with Gasteiger partial charge in [0.2, 0.25) is 11.2 Å². The number of fused-ring (bicyclic) bond motifs is 1. The molecule has 0 saturated carbocycles. The number of aryl methyl sites for hydroxylation is 2. The van der Waals surface area contributed by atoms with Crippen molar-refractivity contribution in [3.05, 3.63) is 64.0 Å². The Kier molecular flexibility index (Phi) is 6.06. The maximum absolute atomic E-state index is 12.8. The molecule has 6 nitrogen and oxygen atoms in total. The molecule has 1 saturated heterocycles. The minimum atomic E-state index is -0.519. The van der Waals surface area contributed by atoms with Gasteiger partial charge in [-0.2, -0.15) is 0 Å². The van der Waals surface area contributed by atoms with Crippen LogP contribution in [-0.4, -0.2) is 37.5 Å². The molecule has 1 aliphatic heterocycles. The van der Waals surface area contributed by atoms with E-state index in [9.17, 15) is 9.90 Å². The molecule has 0 radical (unpaired) electrons. The lowest BCUT2D eigenvalue weighted by Gasteiger charge is -2.17. The average molecular weight is 410 g/mol. The van der Waals surface area contributed by atoms with Gasteiger partial charge in [-0.25, -0.2) is 0 Å². The highest BCUT2D eigenvalue weighted by molar-refractivity contribution is 5.79. The predicted molar refractivity (Wildman–Crippen MR) is 115 cm³/mol. The van der Waals surface area contributed by atoms with Gasteiger partial charge >= 0.3 is 0 Å². The van der Waals surface area contributed by atoms with E-state index >= 15 is 0 Å². The summed E-state index contributed by atoms with van der Waals surface area (Å²) in [6, 6.07) is 10.9. The van der Waals surface area contributed by atoms with Crippen molar-refractivity contribution in [1.82, 2.24) is 0 Å². The number of aliphatic hydroxyl groups is 1. The molecule has 0 aliphatic carbocycles. The van der Waals surface area contributed by atoms with E-state index in [-0.39, 0.29) is 17.8 Å². The molecule has 0 amide bonds. The summed E-state index contributed by atoms with van der Waals surface area (Å²) >= 11 is 0. The van der Waals surface area contributed by atoms with Gasteiger partial charge in [0, 0.05) is 18.9 Å². The Balaban J connectivity index is 1.46. The number of hydrogen-bond acceptors (Lipinski definition) is 5. The number of ether oxygens (including phenoxy) is 2. The quantitative estimate of drug-likeness (QED) is 0.627. The van der Waals surface area contributed by atoms with Crippen molar-refractivity contribution in [2.75, 3.05) is 26.2 Å². The summed E-state index contributed by atoms with van der Waals surface area (Å²) in [5.74, 6) is 1.31. The molecular formula is C24H28NO5+. The fourth-order valence-corrected chi connectivity index (χ4v) is 4.03. The topological polar surface area (TPSA) is 73.3 Å². The molecule has 1 fully saturated rings. The second kappa shape index (κ2) is 8.90. The summed E-state index contributed by atoms with van der Waals surface area (Å²) in [5, 5.41) is 10.6. The van der Waals surface area contributed by atoms with Crippen molar-refractivity contribution in [3.8, 4) is 17.2 Å². The zero-order valence-corrected chi connectivity index (χ0v) is 17.4. The van der Waals surface area contributed by atoms with Gasteiger partial charge in [0.15, 0.2) is 0 Å². The van der Waals surface area contributed by atoms with Crippen molar-refractivity contribution in [3.63, 3.8) is 0 Å². The molecule has 0 bridgehead atoms. The van der Waals surface area contributed by atoms with Crippen LogP contribution < -0.4 is 19.8 Å². The fraction of sp³-hybridized carbons (Fsp3) is 0.375. The largest absolute Gasteiger partial charge is 0.491 e. The molecule has 1 aliphatic rings. The van der Waals surface area contributed by atoms with E-state index in [0.29, 0.717) is 29.0 Å². The molecule has 158 valence electrons. The Morgan fingerprint density at radius 1 is 1.07 bits per heavy atom. The molecule has 3 aromatic rings. The molecule has 1 unspecified atom stereocenters. The van der Waals surface area contributed by atoms with Crippen molar-refractivity contribution < 1.29 is 23.9 Å². The third-order valence-corrected chi connectivity index (χ3v) is 5.41. The molecule has 2 heterocycles. The van der Waals surface area contributed by atoms with E-state index in [1.165, 1.54) is 24.0 Å². The van der Waals surface area contributed by atoms with E-state index in [0.717, 1.165) is 24.2 Å². The molecule has 0 spiro atoms. The number of nitrogens with one attached hydrogen (secondary N) is 1. The van der Waals surface area contributed by atoms with Crippen LogP contribution in [0.1, 0.15) is 24.0 Å². The number of quaternary nitrogens is 1. The van der Waals surface area contributed by atoms with Gasteiger partial charge in [-0.3, -0.25) is 4.79 Å². The molecule has 2 N–H and O–H groups in total. The Morgan fingerprint density at radius 3 is 2.53 bits per heavy atom. The number of hydrogen-bond donors (Lipinski definition) is 2. The molecule has 1 aromatic heterocycles. The summed E-state index contributed by atoms with van der Waals surface area (Å²) in [6.07, 6.45) is 3.26. The van der Waals surface area contributed by atoms with Gasteiger partial charge < -0.3 is 23.9 Å². The summed E-state index contributed by atoms with van der Waals surface area (Å²) in [6.45, 7) is 7.10. The number of aliphatic hydroxyl groups excluding tert-OH is 1. The number of benzene rings is 2. The van der Waals surface area contributed by atoms with Crippen LogP contribution in [0.25, 0.3) is 11.0 Å². The third kappa shape index (κ3) is 4.83. The smallest absolute Gasteiger partial charge is 0.235 e. The highest BCUT2D eigenvalue weighted by Gasteiger charge is 2.20. The van der Waals surface area contributed by atoms with E-state index in [4.69, 9.17) is 13.9 Å². The molecule has 1 atom stereocenters. The van der Waals surface area contributed by atoms with Crippen LogP contribution in [0.2, 0.25) is 0 Å². The van der Waals surface area contributed by atoms with Crippen molar-refractivity contribution in [1.29, 1.82) is 0 Å². The lowest BCUT2D eigenvalue weighted by Crippen LogP contribution is -3.11.